The molecule has 0 amide bonds. The summed E-state index contributed by atoms with van der Waals surface area (Å²) in [5.74, 6) is 0. The Bertz CT molecular complexity index is 3.25. The largest absolute Gasteiger partial charge is 2.00 e. The second kappa shape index (κ2) is 9.46. The summed E-state index contributed by atoms with van der Waals surface area (Å²) in [6.07, 6.45) is 2.00. The molecular weight excluding hydrogens is 101 g/mol. The van der Waals surface area contributed by atoms with Crippen LogP contribution in [0.1, 0.15) is 13.8 Å². The minimum Gasteiger partial charge on any atom is -0.335 e. The maximum atomic E-state index is 2.00. The Labute approximate surface area is 40.4 Å². The fourth-order valence-corrected chi connectivity index (χ4v) is 0. The Morgan fingerprint density at radius 1 is 1.25 bits per heavy atom. The smallest absolute Gasteiger partial charge is 0.335 e. The maximum absolute atomic E-state index is 2.00. The minimum atomic E-state index is 0. The molecule has 0 aliphatic heterocycles. The van der Waals surface area contributed by atoms with Gasteiger partial charge in [0.2, 0.25) is 0 Å². The summed E-state index contributed by atoms with van der Waals surface area (Å²) in [5.41, 5.74) is 0. The summed E-state index contributed by atoms with van der Waals surface area (Å²) < 4.78 is 0. The van der Waals surface area contributed by atoms with E-state index in [1.165, 1.54) is 0 Å². The summed E-state index contributed by atoms with van der Waals surface area (Å²) in [6, 6.07) is 0. The van der Waals surface area contributed by atoms with Crippen LogP contribution in [-0.2, 0) is 19.5 Å². The first-order valence-electron chi connectivity index (χ1n) is 1.15. The Balaban J connectivity index is 0. The molecule has 1 heteroatoms. The molecular formula is C3H7Zn+. The van der Waals surface area contributed by atoms with Gasteiger partial charge in [0, 0.05) is 0 Å². The minimum absolute atomic E-state index is 0. The van der Waals surface area contributed by atoms with Crippen molar-refractivity contribution in [3.8, 4) is 0 Å². The molecule has 0 unspecified atom stereocenters. The van der Waals surface area contributed by atoms with Gasteiger partial charge in [-0.1, -0.05) is 0 Å². The van der Waals surface area contributed by atoms with E-state index in [0.717, 1.165) is 0 Å². The Hall–Kier alpha value is 0.623. The molecule has 0 aliphatic carbocycles. The van der Waals surface area contributed by atoms with E-state index in [1.807, 2.05) is 20.3 Å². The molecule has 0 saturated carbocycles. The van der Waals surface area contributed by atoms with Crippen molar-refractivity contribution in [3.05, 3.63) is 6.42 Å². The van der Waals surface area contributed by atoms with Crippen LogP contribution in [0.3, 0.4) is 0 Å². The van der Waals surface area contributed by atoms with E-state index in [2.05, 4.69) is 0 Å². The summed E-state index contributed by atoms with van der Waals surface area (Å²) in [5, 5.41) is 0. The standard InChI is InChI=1S/C3H7.Zn/c1-3-2;/h3H,1-2H3;/q-1;+2. The fraction of sp³-hybridized carbons (Fsp3) is 0.667. The molecule has 0 heterocycles. The van der Waals surface area contributed by atoms with Crippen molar-refractivity contribution < 1.29 is 19.5 Å². The van der Waals surface area contributed by atoms with Gasteiger partial charge in [-0.25, -0.2) is 0 Å². The van der Waals surface area contributed by atoms with Gasteiger partial charge < -0.3 is 6.42 Å². The van der Waals surface area contributed by atoms with Crippen molar-refractivity contribution >= 4 is 0 Å². The SMILES string of the molecule is C[CH-]C.[Zn+2]. The molecule has 0 saturated heterocycles. The summed E-state index contributed by atoms with van der Waals surface area (Å²) in [7, 11) is 0. The Kier molecular flexibility index (Phi) is 20.9. The van der Waals surface area contributed by atoms with E-state index in [0.29, 0.717) is 0 Å². The fourth-order valence-electron chi connectivity index (χ4n) is 0. The van der Waals surface area contributed by atoms with Gasteiger partial charge in [0.1, 0.15) is 0 Å². The average molecular weight is 108 g/mol. The molecule has 0 aliphatic rings. The first-order valence-corrected chi connectivity index (χ1v) is 1.15. The first-order chi connectivity index (χ1) is 1.41. The molecule has 0 bridgehead atoms. The van der Waals surface area contributed by atoms with Crippen LogP contribution >= 0.6 is 0 Å². The Morgan fingerprint density at radius 3 is 1.25 bits per heavy atom. The number of hydrogen-bond acceptors (Lipinski definition) is 0. The summed E-state index contributed by atoms with van der Waals surface area (Å²) >= 11 is 0. The van der Waals surface area contributed by atoms with Gasteiger partial charge in [0.15, 0.2) is 0 Å². The van der Waals surface area contributed by atoms with Crippen LogP contribution < -0.4 is 0 Å². The van der Waals surface area contributed by atoms with Gasteiger partial charge in [0.05, 0.1) is 0 Å². The molecule has 0 fully saturated rings. The van der Waals surface area contributed by atoms with Gasteiger partial charge in [-0.2, -0.15) is 13.8 Å². The second-order valence-electron chi connectivity index (χ2n) is 0.577. The molecule has 0 aromatic heterocycles. The van der Waals surface area contributed by atoms with Gasteiger partial charge in [-0.15, -0.1) is 0 Å². The quantitative estimate of drug-likeness (QED) is 0.323. The van der Waals surface area contributed by atoms with E-state index in [-0.39, 0.29) is 19.5 Å². The van der Waals surface area contributed by atoms with Crippen LogP contribution in [0.25, 0.3) is 0 Å². The Morgan fingerprint density at radius 2 is 1.25 bits per heavy atom. The monoisotopic (exact) mass is 107 g/mol. The normalized spacial score (nSPS) is 4.50. The topological polar surface area (TPSA) is 0 Å². The van der Waals surface area contributed by atoms with Crippen LogP contribution in [0, 0.1) is 6.42 Å². The van der Waals surface area contributed by atoms with Crippen LogP contribution in [0.4, 0.5) is 0 Å². The molecule has 0 rings (SSSR count). The van der Waals surface area contributed by atoms with Gasteiger partial charge in [-0.05, 0) is 0 Å². The van der Waals surface area contributed by atoms with Gasteiger partial charge >= 0.3 is 19.5 Å². The van der Waals surface area contributed by atoms with Crippen molar-refractivity contribution in [2.75, 3.05) is 0 Å². The molecule has 0 radical (unpaired) electrons. The molecule has 4 heavy (non-hydrogen) atoms. The van der Waals surface area contributed by atoms with Crippen molar-refractivity contribution in [2.45, 2.75) is 13.8 Å². The third-order valence-electron chi connectivity index (χ3n) is 0. The van der Waals surface area contributed by atoms with Gasteiger partial charge in [0.25, 0.3) is 0 Å². The first kappa shape index (κ1) is 8.82. The number of rotatable bonds is 0. The van der Waals surface area contributed by atoms with Crippen LogP contribution in [0.15, 0.2) is 0 Å². The third-order valence-corrected chi connectivity index (χ3v) is 0. The molecule has 0 N–H and O–H groups in total. The van der Waals surface area contributed by atoms with Crippen LogP contribution in [-0.4, -0.2) is 0 Å². The zero-order valence-corrected chi connectivity index (χ0v) is 6.25. The second-order valence-corrected chi connectivity index (χ2v) is 0.577. The van der Waals surface area contributed by atoms with E-state index in [4.69, 9.17) is 0 Å². The molecule has 20 valence electrons. The van der Waals surface area contributed by atoms with E-state index in [1.54, 1.807) is 0 Å². The third kappa shape index (κ3) is 17.8. The molecule has 0 spiro atoms. The predicted octanol–water partition coefficient (Wildman–Crippen LogP) is 1.23. The van der Waals surface area contributed by atoms with Crippen molar-refractivity contribution in [1.82, 2.24) is 0 Å². The molecule has 0 nitrogen and oxygen atoms in total. The van der Waals surface area contributed by atoms with Crippen molar-refractivity contribution in [1.29, 1.82) is 0 Å². The van der Waals surface area contributed by atoms with Crippen LogP contribution in [0.2, 0.25) is 0 Å². The maximum Gasteiger partial charge on any atom is 2.00 e. The zero-order chi connectivity index (χ0) is 2.71. The summed E-state index contributed by atoms with van der Waals surface area (Å²) in [6.45, 7) is 4.00. The van der Waals surface area contributed by atoms with Crippen LogP contribution in [0.5, 0.6) is 0 Å². The van der Waals surface area contributed by atoms with E-state index >= 15 is 0 Å². The van der Waals surface area contributed by atoms with Crippen molar-refractivity contribution in [2.24, 2.45) is 0 Å². The van der Waals surface area contributed by atoms with E-state index < -0.39 is 0 Å². The molecule has 0 aromatic rings. The summed E-state index contributed by atoms with van der Waals surface area (Å²) in [4.78, 5) is 0. The molecule has 0 aromatic carbocycles. The zero-order valence-electron chi connectivity index (χ0n) is 3.28. The van der Waals surface area contributed by atoms with Gasteiger partial charge in [-0.3, -0.25) is 0 Å². The number of hydrogen-bond donors (Lipinski definition) is 0. The van der Waals surface area contributed by atoms with E-state index in [9.17, 15) is 0 Å². The average Bonchev–Trinajstić information content (AvgIpc) is 0.918. The molecule has 0 atom stereocenters. The van der Waals surface area contributed by atoms with Crippen molar-refractivity contribution in [3.63, 3.8) is 0 Å². The predicted molar refractivity (Wildman–Crippen MR) is 15.6 cm³/mol.